The molecular formula is C55H95NO13. The third kappa shape index (κ3) is 27.7. The van der Waals surface area contributed by atoms with E-state index in [4.69, 9.17) is 18.9 Å². The van der Waals surface area contributed by atoms with Gasteiger partial charge in [-0.2, -0.15) is 0 Å². The van der Waals surface area contributed by atoms with E-state index in [-0.39, 0.29) is 18.9 Å². The second-order valence-corrected chi connectivity index (χ2v) is 18.6. The molecule has 0 saturated carbocycles. The fourth-order valence-electron chi connectivity index (χ4n) is 8.28. The van der Waals surface area contributed by atoms with Crippen LogP contribution in [0.5, 0.6) is 0 Å². The van der Waals surface area contributed by atoms with Crippen molar-refractivity contribution in [2.75, 3.05) is 19.8 Å². The molecule has 2 saturated heterocycles. The van der Waals surface area contributed by atoms with Crippen molar-refractivity contribution in [2.24, 2.45) is 0 Å². The van der Waals surface area contributed by atoms with Crippen molar-refractivity contribution in [3.63, 3.8) is 0 Å². The Morgan fingerprint density at radius 2 is 1.01 bits per heavy atom. The maximum atomic E-state index is 13.1. The number of hydrogen-bond acceptors (Lipinski definition) is 13. The number of aliphatic hydroxyl groups excluding tert-OH is 8. The Morgan fingerprint density at radius 3 is 1.59 bits per heavy atom. The van der Waals surface area contributed by atoms with Crippen molar-refractivity contribution in [1.29, 1.82) is 0 Å². The maximum Gasteiger partial charge on any atom is 0.220 e. The second-order valence-electron chi connectivity index (χ2n) is 18.6. The molecule has 14 nitrogen and oxygen atoms in total. The maximum absolute atomic E-state index is 13.1. The van der Waals surface area contributed by atoms with Crippen LogP contribution in [0.15, 0.2) is 72.9 Å². The standard InChI is InChI=1S/C55H95NO13/c1-3-5-7-9-11-13-14-15-16-17-18-19-20-21-22-23-24-25-26-27-28-29-30-31-33-35-37-39-47(60)56-43(44(59)38-36-34-32-12-10-8-6-4-2)42-66-54-52(65)50(63)53(46(41-58)68-54)69-55-51(64)49(62)48(61)45(40-57)67-55/h5,7,10-13,15-16,18-19,36,38,43-46,48-55,57-59,61-65H,3-4,6,8-9,14,17,20-35,37,39-42H2,1-2H3,(H,56,60)/b7-5-,12-10+,13-11-,16-15-,19-18-,38-36+. The van der Waals surface area contributed by atoms with E-state index in [1.54, 1.807) is 6.08 Å². The van der Waals surface area contributed by atoms with Crippen molar-refractivity contribution >= 4 is 5.91 Å². The molecule has 2 fully saturated rings. The van der Waals surface area contributed by atoms with E-state index >= 15 is 0 Å². The Bertz CT molecular complexity index is 1430. The van der Waals surface area contributed by atoms with Gasteiger partial charge in [0.25, 0.3) is 0 Å². The molecule has 0 bridgehead atoms. The lowest BCUT2D eigenvalue weighted by Gasteiger charge is -2.46. The lowest BCUT2D eigenvalue weighted by molar-refractivity contribution is -0.359. The van der Waals surface area contributed by atoms with Gasteiger partial charge < -0.3 is 65.1 Å². The molecule has 0 spiro atoms. The van der Waals surface area contributed by atoms with E-state index in [1.807, 2.05) is 6.08 Å². The number of aliphatic hydroxyl groups is 8. The van der Waals surface area contributed by atoms with Crippen LogP contribution in [0.25, 0.3) is 0 Å². The molecule has 0 aromatic heterocycles. The van der Waals surface area contributed by atoms with Crippen molar-refractivity contribution in [1.82, 2.24) is 5.32 Å². The van der Waals surface area contributed by atoms with E-state index in [1.165, 1.54) is 70.6 Å². The zero-order valence-corrected chi connectivity index (χ0v) is 42.3. The largest absolute Gasteiger partial charge is 0.394 e. The van der Waals surface area contributed by atoms with Crippen LogP contribution >= 0.6 is 0 Å². The summed E-state index contributed by atoms with van der Waals surface area (Å²) in [6.07, 6.45) is 35.5. The van der Waals surface area contributed by atoms with E-state index < -0.39 is 86.8 Å². The van der Waals surface area contributed by atoms with Gasteiger partial charge in [-0.25, -0.2) is 0 Å². The summed E-state index contributed by atoms with van der Waals surface area (Å²) in [5, 5.41) is 86.5. The minimum absolute atomic E-state index is 0.257. The van der Waals surface area contributed by atoms with Gasteiger partial charge in [0, 0.05) is 6.42 Å². The number of hydrogen-bond donors (Lipinski definition) is 9. The first kappa shape index (κ1) is 62.5. The average Bonchev–Trinajstić information content (AvgIpc) is 3.35. The zero-order valence-electron chi connectivity index (χ0n) is 42.3. The molecule has 2 aliphatic heterocycles. The summed E-state index contributed by atoms with van der Waals surface area (Å²) < 4.78 is 22.6. The van der Waals surface area contributed by atoms with Gasteiger partial charge in [0.15, 0.2) is 12.6 Å². The molecule has 14 heteroatoms. The van der Waals surface area contributed by atoms with Gasteiger partial charge in [-0.1, -0.05) is 177 Å². The molecular weight excluding hydrogens is 883 g/mol. The number of rotatable bonds is 40. The minimum Gasteiger partial charge on any atom is -0.394 e. The van der Waals surface area contributed by atoms with Crippen LogP contribution in [0.1, 0.15) is 174 Å². The highest BCUT2D eigenvalue weighted by atomic mass is 16.7. The molecule has 2 aliphatic rings. The summed E-state index contributed by atoms with van der Waals surface area (Å²) in [5.74, 6) is -0.257. The monoisotopic (exact) mass is 978 g/mol. The van der Waals surface area contributed by atoms with Crippen LogP contribution in [-0.4, -0.2) is 140 Å². The summed E-state index contributed by atoms with van der Waals surface area (Å²) >= 11 is 0. The molecule has 0 aromatic rings. The van der Waals surface area contributed by atoms with Crippen LogP contribution in [0, 0.1) is 0 Å². The topological polar surface area (TPSA) is 228 Å². The highest BCUT2D eigenvalue weighted by molar-refractivity contribution is 5.76. The molecule has 9 N–H and O–H groups in total. The van der Waals surface area contributed by atoms with E-state index in [0.29, 0.717) is 12.8 Å². The first-order chi connectivity index (χ1) is 33.6. The predicted molar refractivity (Wildman–Crippen MR) is 272 cm³/mol. The number of carbonyl (C=O) groups is 1. The van der Waals surface area contributed by atoms with E-state index in [9.17, 15) is 45.6 Å². The molecule has 69 heavy (non-hydrogen) atoms. The highest BCUT2D eigenvalue weighted by Gasteiger charge is 2.51. The fourth-order valence-corrected chi connectivity index (χ4v) is 8.28. The van der Waals surface area contributed by atoms with Gasteiger partial charge >= 0.3 is 0 Å². The lowest BCUT2D eigenvalue weighted by atomic mass is 9.97. The summed E-state index contributed by atoms with van der Waals surface area (Å²) in [6.45, 7) is 2.56. The third-order valence-corrected chi connectivity index (χ3v) is 12.6. The summed E-state index contributed by atoms with van der Waals surface area (Å²) in [4.78, 5) is 13.1. The van der Waals surface area contributed by atoms with Crippen LogP contribution in [0.4, 0.5) is 0 Å². The van der Waals surface area contributed by atoms with Crippen molar-refractivity contribution in [3.8, 4) is 0 Å². The molecule has 0 aliphatic carbocycles. The van der Waals surface area contributed by atoms with Gasteiger partial charge in [-0.05, 0) is 64.2 Å². The Labute approximate surface area is 415 Å². The Kier molecular flexibility index (Phi) is 37.1. The average molecular weight is 978 g/mol. The van der Waals surface area contributed by atoms with Gasteiger partial charge in [-0.3, -0.25) is 4.79 Å². The van der Waals surface area contributed by atoms with Crippen LogP contribution in [0.3, 0.4) is 0 Å². The smallest absolute Gasteiger partial charge is 0.220 e. The number of carbonyl (C=O) groups excluding carboxylic acids is 1. The van der Waals surface area contributed by atoms with E-state index in [2.05, 4.69) is 79.9 Å². The fraction of sp³-hybridized carbons (Fsp3) is 0.764. The SMILES string of the molecule is CC/C=C\C/C=C\C/C=C\C/C=C\CCCCCCCCCCCCCCCCC(=O)NC(COC1OC(CO)C(OC2OC(CO)C(O)C(O)C2O)C(O)C1O)C(O)/C=C/CC/C=C/CCCC. The van der Waals surface area contributed by atoms with Gasteiger partial charge in [0.05, 0.1) is 32.0 Å². The van der Waals surface area contributed by atoms with Gasteiger partial charge in [0.2, 0.25) is 5.91 Å². The molecule has 12 unspecified atom stereocenters. The van der Waals surface area contributed by atoms with E-state index in [0.717, 1.165) is 70.6 Å². The van der Waals surface area contributed by atoms with Crippen LogP contribution in [-0.2, 0) is 23.7 Å². The van der Waals surface area contributed by atoms with Gasteiger partial charge in [0.1, 0.15) is 48.8 Å². The summed E-state index contributed by atoms with van der Waals surface area (Å²) in [7, 11) is 0. The molecule has 0 aromatic carbocycles. The van der Waals surface area contributed by atoms with Crippen LogP contribution < -0.4 is 5.32 Å². The van der Waals surface area contributed by atoms with Crippen LogP contribution in [0.2, 0.25) is 0 Å². The zero-order chi connectivity index (χ0) is 50.3. The predicted octanol–water partition coefficient (Wildman–Crippen LogP) is 7.60. The van der Waals surface area contributed by atoms with Crippen molar-refractivity contribution in [2.45, 2.75) is 248 Å². The third-order valence-electron chi connectivity index (χ3n) is 12.6. The molecule has 398 valence electrons. The molecule has 2 heterocycles. The number of nitrogens with one attached hydrogen (secondary N) is 1. The van der Waals surface area contributed by atoms with Gasteiger partial charge in [-0.15, -0.1) is 0 Å². The first-order valence-corrected chi connectivity index (χ1v) is 26.7. The quantitative estimate of drug-likeness (QED) is 0.0213. The van der Waals surface area contributed by atoms with Crippen molar-refractivity contribution in [3.05, 3.63) is 72.9 Å². The number of amides is 1. The lowest BCUT2D eigenvalue weighted by Crippen LogP contribution is -2.65. The summed E-state index contributed by atoms with van der Waals surface area (Å²) in [5.41, 5.74) is 0. The minimum atomic E-state index is -1.79. The number of allylic oxidation sites excluding steroid dienone is 11. The Balaban J connectivity index is 1.68. The molecule has 0 radical (unpaired) electrons. The Hall–Kier alpha value is -2.57. The second kappa shape index (κ2) is 41.0. The Morgan fingerprint density at radius 1 is 0.536 bits per heavy atom. The highest BCUT2D eigenvalue weighted by Crippen LogP contribution is 2.30. The number of ether oxygens (including phenoxy) is 4. The molecule has 12 atom stereocenters. The first-order valence-electron chi connectivity index (χ1n) is 26.7. The number of unbranched alkanes of at least 4 members (excludes halogenated alkanes) is 17. The van der Waals surface area contributed by atoms with Crippen molar-refractivity contribution < 1.29 is 64.6 Å². The normalized spacial score (nSPS) is 26.8. The summed E-state index contributed by atoms with van der Waals surface area (Å²) in [6, 6.07) is -0.931. The molecule has 1 amide bonds. The molecule has 2 rings (SSSR count).